The van der Waals surface area contributed by atoms with Crippen molar-refractivity contribution in [1.29, 1.82) is 0 Å². The minimum atomic E-state index is 1.10. The largest absolute Gasteiger partial charge is 0.308 e. The zero-order chi connectivity index (χ0) is 22.2. The third kappa shape index (κ3) is 2.23. The zero-order valence-corrected chi connectivity index (χ0v) is 18.3. The molecule has 0 aliphatic rings. The molecule has 0 bridgehead atoms. The molecule has 0 unspecified atom stereocenters. The predicted octanol–water partition coefficient (Wildman–Crippen LogP) is 6.86. The van der Waals surface area contributed by atoms with Crippen molar-refractivity contribution < 1.29 is 4.57 Å². The van der Waals surface area contributed by atoms with Crippen LogP contribution in [-0.2, 0) is 0 Å². The van der Waals surface area contributed by atoms with Crippen LogP contribution >= 0.6 is 0 Å². The van der Waals surface area contributed by atoms with E-state index in [9.17, 15) is 0 Å². The van der Waals surface area contributed by atoms with E-state index < -0.39 is 0 Å². The maximum absolute atomic E-state index is 3.61. The number of hydrogen-bond donors (Lipinski definition) is 0. The molecule has 0 aliphatic heterocycles. The monoisotopic (exact) mass is 433 g/mol. The molecule has 3 heteroatoms. The van der Waals surface area contributed by atoms with E-state index in [2.05, 4.69) is 129 Å². The van der Waals surface area contributed by atoms with Crippen molar-refractivity contribution in [2.24, 2.45) is 0 Å². The molecule has 0 amide bonds. The van der Waals surface area contributed by atoms with Crippen LogP contribution in [0.3, 0.4) is 0 Å². The summed E-state index contributed by atoms with van der Waals surface area (Å²) in [4.78, 5) is 0. The van der Waals surface area contributed by atoms with E-state index >= 15 is 0 Å². The number of aromatic nitrogens is 3. The molecule has 0 saturated heterocycles. The van der Waals surface area contributed by atoms with Gasteiger partial charge in [-0.2, -0.15) is 0 Å². The first-order valence-corrected chi connectivity index (χ1v) is 11.6. The standard InChI is InChI=1S/C31H19N3/c1-2-9-21(10-3-1)32-20-33(30-16-7-6-15-29(30)32)22-17-18-28-26(19-22)25-13-8-12-24-23-11-4-5-14-27(23)34(28)31(24)25/h1-19H. The quantitative estimate of drug-likeness (QED) is 0.209. The van der Waals surface area contributed by atoms with Crippen molar-refractivity contribution in [1.82, 2.24) is 8.97 Å². The molecule has 8 aromatic rings. The van der Waals surface area contributed by atoms with Gasteiger partial charge in [0.25, 0.3) is 6.33 Å². The summed E-state index contributed by atoms with van der Waals surface area (Å²) in [5.41, 5.74) is 8.28. The number of nitrogens with zero attached hydrogens (tertiary/aromatic N) is 3. The summed E-state index contributed by atoms with van der Waals surface area (Å²) in [6, 6.07) is 41.0. The van der Waals surface area contributed by atoms with Crippen LogP contribution in [0, 0.1) is 6.33 Å². The van der Waals surface area contributed by atoms with Gasteiger partial charge in [-0.3, -0.25) is 9.13 Å². The minimum Gasteiger partial charge on any atom is -0.308 e. The first-order chi connectivity index (χ1) is 16.9. The molecule has 0 aliphatic carbocycles. The van der Waals surface area contributed by atoms with Gasteiger partial charge in [0, 0.05) is 21.5 Å². The SMILES string of the molecule is [c-]1n(-c2ccc3c(c2)c2cccc4c5ccccc5n3c42)c2ccccc2[n+]1-c1ccccc1. The summed E-state index contributed by atoms with van der Waals surface area (Å²) < 4.78 is 6.73. The van der Waals surface area contributed by atoms with E-state index in [-0.39, 0.29) is 0 Å². The third-order valence-electron chi connectivity index (χ3n) is 7.04. The molecule has 0 saturated carbocycles. The summed E-state index contributed by atoms with van der Waals surface area (Å²) in [6.45, 7) is 0. The summed E-state index contributed by atoms with van der Waals surface area (Å²) in [7, 11) is 0. The Morgan fingerprint density at radius 3 is 2.09 bits per heavy atom. The second kappa shape index (κ2) is 6.46. The minimum absolute atomic E-state index is 1.10. The topological polar surface area (TPSA) is 13.2 Å². The van der Waals surface area contributed by atoms with Crippen LogP contribution in [0.5, 0.6) is 0 Å². The smallest absolute Gasteiger partial charge is 0.269 e. The Morgan fingerprint density at radius 2 is 1.21 bits per heavy atom. The summed E-state index contributed by atoms with van der Waals surface area (Å²) in [5, 5.41) is 5.17. The molecule has 3 nitrogen and oxygen atoms in total. The molecule has 3 aromatic heterocycles. The average molecular weight is 434 g/mol. The molecule has 0 N–H and O–H groups in total. The van der Waals surface area contributed by atoms with Crippen molar-refractivity contribution in [2.75, 3.05) is 0 Å². The van der Waals surface area contributed by atoms with Crippen molar-refractivity contribution >= 4 is 49.1 Å². The number of fused-ring (bicyclic) bond motifs is 7. The Labute approximate surface area is 195 Å². The molecule has 8 rings (SSSR count). The van der Waals surface area contributed by atoms with Gasteiger partial charge in [0.1, 0.15) is 0 Å². The third-order valence-corrected chi connectivity index (χ3v) is 7.04. The van der Waals surface area contributed by atoms with E-state index in [1.54, 1.807) is 0 Å². The van der Waals surface area contributed by atoms with Gasteiger partial charge in [-0.15, -0.1) is 0 Å². The lowest BCUT2D eigenvalue weighted by atomic mass is 10.1. The molecule has 0 spiro atoms. The van der Waals surface area contributed by atoms with E-state index in [4.69, 9.17) is 0 Å². The molecule has 158 valence electrons. The van der Waals surface area contributed by atoms with Crippen molar-refractivity contribution in [3.8, 4) is 11.4 Å². The lowest BCUT2D eigenvalue weighted by molar-refractivity contribution is -0.572. The Morgan fingerprint density at radius 1 is 0.529 bits per heavy atom. The highest BCUT2D eigenvalue weighted by Gasteiger charge is 2.18. The average Bonchev–Trinajstić information content (AvgIpc) is 3.56. The zero-order valence-electron chi connectivity index (χ0n) is 18.3. The van der Waals surface area contributed by atoms with Gasteiger partial charge in [0.15, 0.2) is 0 Å². The van der Waals surface area contributed by atoms with Crippen LogP contribution < -0.4 is 4.57 Å². The van der Waals surface area contributed by atoms with Gasteiger partial charge in [-0.05, 0) is 36.4 Å². The highest BCUT2D eigenvalue weighted by molar-refractivity contribution is 6.23. The van der Waals surface area contributed by atoms with E-state index in [0.29, 0.717) is 0 Å². The lowest BCUT2D eigenvalue weighted by Gasteiger charge is -2.05. The van der Waals surface area contributed by atoms with Crippen LogP contribution in [0.15, 0.2) is 115 Å². The van der Waals surface area contributed by atoms with Crippen LogP contribution in [0.2, 0.25) is 0 Å². The number of imidazole rings is 1. The van der Waals surface area contributed by atoms with Gasteiger partial charge >= 0.3 is 0 Å². The maximum Gasteiger partial charge on any atom is 0.269 e. The number of benzene rings is 5. The van der Waals surface area contributed by atoms with Crippen LogP contribution in [0.1, 0.15) is 0 Å². The van der Waals surface area contributed by atoms with Crippen LogP contribution in [0.25, 0.3) is 60.5 Å². The van der Waals surface area contributed by atoms with Gasteiger partial charge in [0.2, 0.25) is 0 Å². The highest BCUT2D eigenvalue weighted by Crippen LogP contribution is 2.39. The van der Waals surface area contributed by atoms with Gasteiger partial charge in [0.05, 0.1) is 39.0 Å². The fraction of sp³-hybridized carbons (Fsp3) is 0. The predicted molar refractivity (Wildman–Crippen MR) is 138 cm³/mol. The lowest BCUT2D eigenvalue weighted by Crippen LogP contribution is -2.29. The summed E-state index contributed by atoms with van der Waals surface area (Å²) in [5.74, 6) is 0. The first kappa shape index (κ1) is 17.9. The van der Waals surface area contributed by atoms with Gasteiger partial charge in [-0.1, -0.05) is 78.9 Å². The molecule has 3 heterocycles. The Kier molecular flexibility index (Phi) is 3.39. The molecule has 5 aromatic carbocycles. The van der Waals surface area contributed by atoms with Gasteiger partial charge in [-0.25, -0.2) is 0 Å². The summed E-state index contributed by atoms with van der Waals surface area (Å²) in [6.07, 6.45) is 3.61. The molecule has 34 heavy (non-hydrogen) atoms. The van der Waals surface area contributed by atoms with E-state index in [1.165, 1.54) is 38.1 Å². The molecule has 0 atom stereocenters. The Bertz CT molecular complexity index is 2010. The molecule has 0 fully saturated rings. The van der Waals surface area contributed by atoms with Crippen LogP contribution in [-0.4, -0.2) is 8.97 Å². The molecular weight excluding hydrogens is 414 g/mol. The summed E-state index contributed by atoms with van der Waals surface area (Å²) >= 11 is 0. The van der Waals surface area contributed by atoms with Crippen molar-refractivity contribution in [2.45, 2.75) is 0 Å². The van der Waals surface area contributed by atoms with Gasteiger partial charge < -0.3 is 4.40 Å². The maximum atomic E-state index is 3.61. The second-order valence-corrected chi connectivity index (χ2v) is 8.85. The Hall–Kier alpha value is -4.63. The normalized spacial score (nSPS) is 12.1. The highest BCUT2D eigenvalue weighted by atomic mass is 15.1. The van der Waals surface area contributed by atoms with Crippen molar-refractivity contribution in [3.63, 3.8) is 0 Å². The second-order valence-electron chi connectivity index (χ2n) is 8.85. The molecular formula is C31H19N3. The van der Waals surface area contributed by atoms with E-state index in [1.807, 2.05) is 6.07 Å². The molecule has 0 radical (unpaired) electrons. The first-order valence-electron chi connectivity index (χ1n) is 11.6. The van der Waals surface area contributed by atoms with Crippen molar-refractivity contribution in [3.05, 3.63) is 122 Å². The number of para-hydroxylation sites is 5. The number of hydrogen-bond acceptors (Lipinski definition) is 0. The van der Waals surface area contributed by atoms with Crippen LogP contribution in [0.4, 0.5) is 0 Å². The fourth-order valence-electron chi connectivity index (χ4n) is 5.58. The van der Waals surface area contributed by atoms with E-state index in [0.717, 1.165) is 22.4 Å². The number of rotatable bonds is 2. The fourth-order valence-corrected chi connectivity index (χ4v) is 5.58. The Balaban J connectivity index is 1.45.